The van der Waals surface area contributed by atoms with Gasteiger partial charge in [-0.25, -0.2) is 4.39 Å². The van der Waals surface area contributed by atoms with Gasteiger partial charge in [-0.3, -0.25) is 9.79 Å². The number of amides is 1. The van der Waals surface area contributed by atoms with Crippen molar-refractivity contribution in [2.75, 3.05) is 31.2 Å². The molecule has 1 aromatic rings. The molecule has 7 heteroatoms. The van der Waals surface area contributed by atoms with E-state index in [-0.39, 0.29) is 10.9 Å². The smallest absolute Gasteiger partial charge is 0.265 e. The van der Waals surface area contributed by atoms with Gasteiger partial charge < -0.3 is 15.0 Å². The Labute approximate surface area is 158 Å². The third-order valence-electron chi connectivity index (χ3n) is 3.94. The third-order valence-corrected chi connectivity index (χ3v) is 4.23. The van der Waals surface area contributed by atoms with Crippen molar-refractivity contribution >= 4 is 28.9 Å². The van der Waals surface area contributed by atoms with Crippen LogP contribution < -0.4 is 10.2 Å². The first-order valence-corrected chi connectivity index (χ1v) is 8.79. The van der Waals surface area contributed by atoms with Crippen LogP contribution in [-0.2, 0) is 9.53 Å². The molecule has 1 aliphatic heterocycles. The second-order valence-corrected chi connectivity index (χ2v) is 6.25. The summed E-state index contributed by atoms with van der Waals surface area (Å²) >= 11 is 5.95. The zero-order chi connectivity index (χ0) is 19.1. The maximum absolute atomic E-state index is 13.6. The van der Waals surface area contributed by atoms with Gasteiger partial charge in [0.15, 0.2) is 0 Å². The maximum atomic E-state index is 13.6. The van der Waals surface area contributed by atoms with Crippen molar-refractivity contribution in [1.82, 2.24) is 5.32 Å². The van der Waals surface area contributed by atoms with Crippen molar-refractivity contribution in [1.29, 1.82) is 0 Å². The summed E-state index contributed by atoms with van der Waals surface area (Å²) in [6, 6.07) is 4.51. The molecule has 0 spiro atoms. The quantitative estimate of drug-likeness (QED) is 0.852. The molecule has 0 atom stereocenters. The van der Waals surface area contributed by atoms with E-state index in [2.05, 4.69) is 16.9 Å². The molecule has 0 saturated heterocycles. The highest BCUT2D eigenvalue weighted by Crippen LogP contribution is 2.27. The largest absolute Gasteiger partial charge is 0.380 e. The molecule has 1 heterocycles. The van der Waals surface area contributed by atoms with Crippen LogP contribution in [0.25, 0.3) is 0 Å². The Morgan fingerprint density at radius 3 is 2.85 bits per heavy atom. The summed E-state index contributed by atoms with van der Waals surface area (Å²) in [5.41, 5.74) is 2.37. The first kappa shape index (κ1) is 20.1. The number of anilines is 1. The van der Waals surface area contributed by atoms with Crippen LogP contribution in [0.5, 0.6) is 0 Å². The van der Waals surface area contributed by atoms with Gasteiger partial charge in [0.2, 0.25) is 0 Å². The Morgan fingerprint density at radius 1 is 1.38 bits per heavy atom. The topological polar surface area (TPSA) is 53.9 Å². The second kappa shape index (κ2) is 9.50. The SMILES string of the molecule is C=C/C1=C(\C)N=C(C)C(=O)NCCCOCCN1c1ccc(F)c(Cl)c1. The predicted octanol–water partition coefficient (Wildman–Crippen LogP) is 3.70. The molecule has 0 fully saturated rings. The van der Waals surface area contributed by atoms with Crippen LogP contribution in [0, 0.1) is 5.82 Å². The monoisotopic (exact) mass is 379 g/mol. The molecule has 0 bridgehead atoms. The summed E-state index contributed by atoms with van der Waals surface area (Å²) in [5, 5.41) is 2.84. The third kappa shape index (κ3) is 5.16. The van der Waals surface area contributed by atoms with Gasteiger partial charge in [0.25, 0.3) is 5.91 Å². The first-order chi connectivity index (χ1) is 12.4. The van der Waals surface area contributed by atoms with Crippen LogP contribution in [0.2, 0.25) is 5.02 Å². The number of ether oxygens (including phenoxy) is 1. The molecule has 140 valence electrons. The van der Waals surface area contributed by atoms with E-state index < -0.39 is 5.82 Å². The van der Waals surface area contributed by atoms with Gasteiger partial charge in [0.1, 0.15) is 11.5 Å². The van der Waals surface area contributed by atoms with Crippen molar-refractivity contribution in [3.8, 4) is 0 Å². The number of aliphatic imine (C=N–C) groups is 1. The van der Waals surface area contributed by atoms with Gasteiger partial charge in [0, 0.05) is 25.4 Å². The molecule has 1 amide bonds. The minimum absolute atomic E-state index is 0.0338. The summed E-state index contributed by atoms with van der Waals surface area (Å²) in [7, 11) is 0. The number of allylic oxidation sites excluding steroid dienone is 2. The Kier molecular flexibility index (Phi) is 7.36. The summed E-state index contributed by atoms with van der Waals surface area (Å²) in [4.78, 5) is 18.4. The summed E-state index contributed by atoms with van der Waals surface area (Å²) < 4.78 is 19.2. The van der Waals surface area contributed by atoms with Crippen molar-refractivity contribution in [3.05, 3.63) is 53.1 Å². The number of hydrogen-bond donors (Lipinski definition) is 1. The lowest BCUT2D eigenvalue weighted by molar-refractivity contribution is -0.114. The number of carbonyl (C=O) groups is 1. The lowest BCUT2D eigenvalue weighted by atomic mass is 10.2. The van der Waals surface area contributed by atoms with E-state index in [0.717, 1.165) is 0 Å². The number of nitrogens with zero attached hydrogens (tertiary/aromatic N) is 2. The lowest BCUT2D eigenvalue weighted by Crippen LogP contribution is -2.30. The predicted molar refractivity (Wildman–Crippen MR) is 103 cm³/mol. The van der Waals surface area contributed by atoms with Gasteiger partial charge in [-0.15, -0.1) is 0 Å². The van der Waals surface area contributed by atoms with Gasteiger partial charge >= 0.3 is 0 Å². The van der Waals surface area contributed by atoms with E-state index in [0.29, 0.717) is 55.5 Å². The first-order valence-electron chi connectivity index (χ1n) is 8.41. The van der Waals surface area contributed by atoms with Gasteiger partial charge in [-0.2, -0.15) is 0 Å². The van der Waals surface area contributed by atoms with Gasteiger partial charge in [-0.1, -0.05) is 18.2 Å². The van der Waals surface area contributed by atoms with Crippen LogP contribution in [0.15, 0.2) is 47.2 Å². The van der Waals surface area contributed by atoms with E-state index in [1.165, 1.54) is 6.07 Å². The molecular formula is C19H23ClFN3O2. The van der Waals surface area contributed by atoms with Crippen LogP contribution >= 0.6 is 11.6 Å². The molecule has 0 unspecified atom stereocenters. The highest BCUT2D eigenvalue weighted by molar-refractivity contribution is 6.38. The molecule has 1 aliphatic rings. The maximum Gasteiger partial charge on any atom is 0.265 e. The van der Waals surface area contributed by atoms with Crippen molar-refractivity contribution in [2.45, 2.75) is 20.3 Å². The molecule has 0 radical (unpaired) electrons. The summed E-state index contributed by atoms with van der Waals surface area (Å²) in [6.07, 6.45) is 2.36. The number of benzene rings is 1. The number of carbonyl (C=O) groups excluding carboxylic acids is 1. The van der Waals surface area contributed by atoms with E-state index in [9.17, 15) is 9.18 Å². The fourth-order valence-electron chi connectivity index (χ4n) is 2.62. The minimum atomic E-state index is -0.483. The van der Waals surface area contributed by atoms with E-state index >= 15 is 0 Å². The fraction of sp³-hybridized carbons (Fsp3) is 0.368. The van der Waals surface area contributed by atoms with Gasteiger partial charge in [0.05, 0.1) is 23.0 Å². The van der Waals surface area contributed by atoms with E-state index in [4.69, 9.17) is 16.3 Å². The molecule has 0 aromatic heterocycles. The van der Waals surface area contributed by atoms with Crippen molar-refractivity contribution in [3.63, 3.8) is 0 Å². The van der Waals surface area contributed by atoms with Crippen LogP contribution in [0.4, 0.5) is 10.1 Å². The minimum Gasteiger partial charge on any atom is -0.380 e. The van der Waals surface area contributed by atoms with Crippen LogP contribution in [0.1, 0.15) is 20.3 Å². The van der Waals surface area contributed by atoms with Gasteiger partial charge in [-0.05, 0) is 44.5 Å². The fourth-order valence-corrected chi connectivity index (χ4v) is 2.79. The highest BCUT2D eigenvalue weighted by atomic mass is 35.5. The number of rotatable bonds is 2. The Hall–Kier alpha value is -2.18. The molecule has 5 nitrogen and oxygen atoms in total. The number of nitrogens with one attached hydrogen (secondary N) is 1. The van der Waals surface area contributed by atoms with Crippen LogP contribution in [0.3, 0.4) is 0 Å². The lowest BCUT2D eigenvalue weighted by Gasteiger charge is -2.27. The Bertz CT molecular complexity index is 746. The molecule has 26 heavy (non-hydrogen) atoms. The number of halogens is 2. The normalized spacial score (nSPS) is 20.4. The van der Waals surface area contributed by atoms with E-state index in [1.54, 1.807) is 32.1 Å². The number of hydrogen-bond acceptors (Lipinski definition) is 4. The molecular weight excluding hydrogens is 357 g/mol. The van der Waals surface area contributed by atoms with E-state index in [1.807, 2.05) is 4.90 Å². The van der Waals surface area contributed by atoms with Crippen LogP contribution in [-0.4, -0.2) is 37.9 Å². The molecule has 0 aliphatic carbocycles. The average Bonchev–Trinajstić information content (AvgIpc) is 2.62. The zero-order valence-electron chi connectivity index (χ0n) is 15.0. The second-order valence-electron chi connectivity index (χ2n) is 5.84. The highest BCUT2D eigenvalue weighted by Gasteiger charge is 2.16. The molecule has 2 rings (SSSR count). The Morgan fingerprint density at radius 2 is 2.15 bits per heavy atom. The Balaban J connectivity index is 2.48. The standard InChI is InChI=1S/C19H23ClFN3O2/c1-4-18-13(2)23-14(3)19(25)22-8-5-10-26-11-9-24(18)15-6-7-17(21)16(20)12-15/h4,6-7,12H,1,5,8-11H2,2-3H3,(H,22,25)/b18-13-,23-14?. The molecule has 1 aromatic carbocycles. The summed E-state index contributed by atoms with van der Waals surface area (Å²) in [6.45, 7) is 9.35. The van der Waals surface area contributed by atoms with Crippen molar-refractivity contribution < 1.29 is 13.9 Å². The zero-order valence-corrected chi connectivity index (χ0v) is 15.8. The molecule has 0 saturated carbocycles. The average molecular weight is 380 g/mol. The van der Waals surface area contributed by atoms with Crippen molar-refractivity contribution in [2.24, 2.45) is 4.99 Å². The molecule has 1 N–H and O–H groups in total. The summed E-state index contributed by atoms with van der Waals surface area (Å²) in [5.74, 6) is -0.702.